The number of hydrogen-bond donors (Lipinski definition) is 0. The summed E-state index contributed by atoms with van der Waals surface area (Å²) in [7, 11) is -0.826. The molecule has 2 aliphatic rings. The van der Waals surface area contributed by atoms with Crippen LogP contribution in [0, 0.1) is 15.7 Å². The van der Waals surface area contributed by atoms with E-state index in [-0.39, 0.29) is 11.2 Å². The number of anilines is 1. The molecule has 7 nitrogen and oxygen atoms in total. The minimum atomic E-state index is -4.94. The Balaban J connectivity index is 0.000000527. The number of rotatable bonds is 2. The van der Waals surface area contributed by atoms with Crippen molar-refractivity contribution in [3.8, 4) is 0 Å². The van der Waals surface area contributed by atoms with Crippen LogP contribution in [0.4, 0.5) is 5.69 Å². The van der Waals surface area contributed by atoms with Crippen LogP contribution < -0.4 is 28.1 Å². The molecule has 0 atom stereocenters. The number of carbonyl (C=O) groups excluding carboxylic acids is 1. The number of aryl methyl sites for hydroxylation is 2. The van der Waals surface area contributed by atoms with Gasteiger partial charge in [0.25, 0.3) is 0 Å². The van der Waals surface area contributed by atoms with Gasteiger partial charge in [0.1, 0.15) is 6.54 Å². The van der Waals surface area contributed by atoms with Gasteiger partial charge in [0.05, 0.1) is 5.56 Å². The molecule has 0 bridgehead atoms. The number of fused-ring (bicyclic) bond motifs is 2. The van der Waals surface area contributed by atoms with Gasteiger partial charge in [-0.25, -0.2) is 18.6 Å². The number of allylic oxidation sites excluding steroid dienone is 1. The lowest BCUT2D eigenvalue weighted by atomic mass is 9.70. The number of halogens is 1. The molecule has 35 heavy (non-hydrogen) atoms. The van der Waals surface area contributed by atoms with E-state index in [2.05, 4.69) is 92.0 Å². The lowest BCUT2D eigenvalue weighted by Gasteiger charge is -2.32. The molecule has 0 amide bonds. The van der Waals surface area contributed by atoms with Crippen LogP contribution in [0.1, 0.15) is 53.9 Å². The Morgan fingerprint density at radius 3 is 2.31 bits per heavy atom. The van der Waals surface area contributed by atoms with Crippen molar-refractivity contribution in [1.82, 2.24) is 0 Å². The van der Waals surface area contributed by atoms with Crippen molar-refractivity contribution in [2.24, 2.45) is 5.41 Å². The molecule has 1 aliphatic carbocycles. The third-order valence-electron chi connectivity index (χ3n) is 6.68. The maximum atomic E-state index is 13.2. The van der Waals surface area contributed by atoms with Gasteiger partial charge in [0.15, 0.2) is 5.78 Å². The van der Waals surface area contributed by atoms with E-state index in [4.69, 9.17) is 18.6 Å². The fraction of sp³-hybridized carbons (Fsp3) is 0.333. The highest BCUT2D eigenvalue weighted by Crippen LogP contribution is 2.45. The lowest BCUT2D eigenvalue weighted by Crippen LogP contribution is -2.68. The second-order valence-electron chi connectivity index (χ2n) is 9.92. The highest BCUT2D eigenvalue weighted by atomic mass is 35.7. The number of benzene rings is 2. The first kappa shape index (κ1) is 25.3. The Bertz CT molecular complexity index is 1300. The average Bonchev–Trinajstić information content (AvgIpc) is 2.76. The van der Waals surface area contributed by atoms with E-state index >= 15 is 0 Å². The molecule has 1 aliphatic heterocycles. The van der Waals surface area contributed by atoms with Crippen LogP contribution in [0.3, 0.4) is 0 Å². The molecule has 1 aromatic heterocycles. The van der Waals surface area contributed by atoms with E-state index in [9.17, 15) is 4.79 Å². The second-order valence-corrected chi connectivity index (χ2v) is 10.7. The summed E-state index contributed by atoms with van der Waals surface area (Å²) in [6.07, 6.45) is 5.08. The fourth-order valence-electron chi connectivity index (χ4n) is 5.11. The molecular weight excluding hydrogens is 468 g/mol. The molecule has 0 N–H and O–H groups in total. The van der Waals surface area contributed by atoms with E-state index < -0.39 is 10.2 Å². The van der Waals surface area contributed by atoms with Crippen molar-refractivity contribution in [1.29, 1.82) is 0 Å². The number of pyridine rings is 1. The van der Waals surface area contributed by atoms with E-state index in [0.29, 0.717) is 6.42 Å². The van der Waals surface area contributed by atoms with Gasteiger partial charge in [0.2, 0.25) is 11.2 Å². The summed E-state index contributed by atoms with van der Waals surface area (Å²) in [5.74, 6) is 0.261. The molecule has 184 valence electrons. The number of para-hydroxylation sites is 1. The van der Waals surface area contributed by atoms with Gasteiger partial charge in [-0.1, -0.05) is 38.1 Å². The molecule has 0 spiro atoms. The monoisotopic (exact) mass is 496 g/mol. The SMILES string of the molecule is CN(C)c1ccc(/C=C2\c3c(cc4cccc5c4[n+]3CCC5)C(=O)CC2(C)C)cc1.[O-][Cl+3]([O-])([O-])[O-]. The summed E-state index contributed by atoms with van der Waals surface area (Å²) in [5, 5.41) is 1.19. The smallest absolute Gasteiger partial charge is 0.220 e. The van der Waals surface area contributed by atoms with Crippen molar-refractivity contribution >= 4 is 34.0 Å². The van der Waals surface area contributed by atoms with Crippen molar-refractivity contribution in [2.75, 3.05) is 19.0 Å². The molecule has 2 heterocycles. The third-order valence-corrected chi connectivity index (χ3v) is 6.68. The normalized spacial score (nSPS) is 17.6. The van der Waals surface area contributed by atoms with Crippen LogP contribution in [0.25, 0.3) is 22.6 Å². The zero-order valence-corrected chi connectivity index (χ0v) is 21.1. The van der Waals surface area contributed by atoms with Crippen LogP contribution in [-0.2, 0) is 13.0 Å². The Hall–Kier alpha value is -2.81. The predicted molar refractivity (Wildman–Crippen MR) is 124 cm³/mol. The zero-order chi connectivity index (χ0) is 25.5. The minimum Gasteiger partial charge on any atom is -0.378 e. The molecule has 0 saturated heterocycles. The molecular formula is C27H29ClN2O5. The van der Waals surface area contributed by atoms with Gasteiger partial charge in [-0.2, -0.15) is 4.57 Å². The summed E-state index contributed by atoms with van der Waals surface area (Å²) in [6, 6.07) is 17.3. The first-order chi connectivity index (χ1) is 16.3. The minimum absolute atomic E-state index is 0.201. The molecule has 0 radical (unpaired) electrons. The highest BCUT2D eigenvalue weighted by Gasteiger charge is 2.42. The first-order valence-corrected chi connectivity index (χ1v) is 12.7. The van der Waals surface area contributed by atoms with Gasteiger partial charge >= 0.3 is 0 Å². The summed E-state index contributed by atoms with van der Waals surface area (Å²) in [6.45, 7) is 5.39. The molecule has 8 heteroatoms. The summed E-state index contributed by atoms with van der Waals surface area (Å²) < 4.78 is 36.4. The second kappa shape index (κ2) is 9.33. The van der Waals surface area contributed by atoms with Crippen molar-refractivity contribution < 1.29 is 38.2 Å². The Morgan fingerprint density at radius 2 is 1.69 bits per heavy atom. The van der Waals surface area contributed by atoms with Crippen LogP contribution in [0.2, 0.25) is 0 Å². The largest absolute Gasteiger partial charge is 0.378 e. The molecule has 0 unspecified atom stereocenters. The standard InChI is InChI=1S/C27H29N2O.ClHO4/c1-27(2)17-24(30)22-16-20-8-5-7-19-9-6-14-29(25(19)20)26(22)23(27)15-18-10-12-21(13-11-18)28(3)4;2-1(3,4)5/h5,7-8,10-13,15-16H,6,9,14,17H2,1-4H3;(H,2,3,4,5)/q+1;/p-1. The molecule has 3 aromatic rings. The summed E-state index contributed by atoms with van der Waals surface area (Å²) in [4.78, 5) is 15.3. The third kappa shape index (κ3) is 5.39. The fourth-order valence-corrected chi connectivity index (χ4v) is 5.11. The number of hydrogen-bond acceptors (Lipinski definition) is 6. The topological polar surface area (TPSA) is 116 Å². The van der Waals surface area contributed by atoms with Gasteiger partial charge < -0.3 is 4.90 Å². The van der Waals surface area contributed by atoms with Crippen molar-refractivity contribution in [3.05, 3.63) is 70.9 Å². The quantitative estimate of drug-likeness (QED) is 0.478. The Morgan fingerprint density at radius 1 is 1.03 bits per heavy atom. The van der Waals surface area contributed by atoms with Crippen LogP contribution in [0.15, 0.2) is 48.5 Å². The van der Waals surface area contributed by atoms with E-state index in [0.717, 1.165) is 30.6 Å². The number of aromatic nitrogens is 1. The van der Waals surface area contributed by atoms with E-state index in [1.54, 1.807) is 0 Å². The number of carbonyl (C=O) groups is 1. The van der Waals surface area contributed by atoms with Gasteiger partial charge in [-0.15, -0.1) is 10.2 Å². The summed E-state index contributed by atoms with van der Waals surface area (Å²) >= 11 is 0. The number of ketones is 1. The van der Waals surface area contributed by atoms with Crippen LogP contribution >= 0.6 is 0 Å². The molecule has 5 rings (SSSR count). The maximum Gasteiger partial charge on any atom is 0.220 e. The Kier molecular flexibility index (Phi) is 6.74. The average molecular weight is 497 g/mol. The van der Waals surface area contributed by atoms with Gasteiger partial charge in [-0.3, -0.25) is 4.79 Å². The van der Waals surface area contributed by atoms with E-state index in [1.807, 2.05) is 0 Å². The van der Waals surface area contributed by atoms with Crippen molar-refractivity contribution in [2.45, 2.75) is 39.7 Å². The summed E-state index contributed by atoms with van der Waals surface area (Å²) in [5.41, 5.74) is 8.16. The highest BCUT2D eigenvalue weighted by molar-refractivity contribution is 6.08. The zero-order valence-electron chi connectivity index (χ0n) is 20.3. The maximum absolute atomic E-state index is 13.2. The molecule has 2 aromatic carbocycles. The molecule has 0 saturated carbocycles. The van der Waals surface area contributed by atoms with Crippen LogP contribution in [0.5, 0.6) is 0 Å². The van der Waals surface area contributed by atoms with E-state index in [1.165, 1.54) is 33.3 Å². The van der Waals surface area contributed by atoms with Gasteiger partial charge in [-0.05, 0) is 42.3 Å². The molecule has 0 fully saturated rings. The Labute approximate surface area is 207 Å². The van der Waals surface area contributed by atoms with Crippen LogP contribution in [-0.4, -0.2) is 19.9 Å². The predicted octanol–water partition coefficient (Wildman–Crippen LogP) is 0.537. The van der Waals surface area contributed by atoms with Gasteiger partial charge in [0, 0.05) is 54.6 Å². The number of Topliss-reactive ketones (excluding diaryl/α,β-unsaturated/α-hetero) is 1. The first-order valence-electron chi connectivity index (χ1n) is 11.5. The van der Waals surface area contributed by atoms with Crippen molar-refractivity contribution in [3.63, 3.8) is 0 Å². The number of nitrogens with zero attached hydrogens (tertiary/aromatic N) is 2. The lowest BCUT2D eigenvalue weighted by molar-refractivity contribution is -2.00.